The van der Waals surface area contributed by atoms with Crippen molar-refractivity contribution in [3.63, 3.8) is 0 Å². The predicted octanol–water partition coefficient (Wildman–Crippen LogP) is 3.80. The summed E-state index contributed by atoms with van der Waals surface area (Å²) in [6, 6.07) is 17.4. The number of rotatable bonds is 6. The summed E-state index contributed by atoms with van der Waals surface area (Å²) >= 11 is 5.89. The lowest BCUT2D eigenvalue weighted by atomic mass is 10.2. The number of halogens is 1. The molecule has 4 heteroatoms. The number of nitrogens with one attached hydrogen (secondary N) is 1. The van der Waals surface area contributed by atoms with E-state index in [1.165, 1.54) is 5.56 Å². The first kappa shape index (κ1) is 15.5. The van der Waals surface area contributed by atoms with Gasteiger partial charge in [-0.2, -0.15) is 0 Å². The average molecular weight is 303 g/mol. The quantitative estimate of drug-likeness (QED) is 0.880. The van der Waals surface area contributed by atoms with Crippen LogP contribution < -0.4 is 5.32 Å². The lowest BCUT2D eigenvalue weighted by Gasteiger charge is -2.16. The highest BCUT2D eigenvalue weighted by Crippen LogP contribution is 2.15. The molecular formula is C17H19ClN2O. The zero-order chi connectivity index (χ0) is 15.1. The van der Waals surface area contributed by atoms with E-state index in [1.807, 2.05) is 37.4 Å². The van der Waals surface area contributed by atoms with Crippen LogP contribution >= 0.6 is 11.6 Å². The Bertz CT molecular complexity index is 586. The van der Waals surface area contributed by atoms with Crippen molar-refractivity contribution in [3.8, 4) is 0 Å². The fourth-order valence-corrected chi connectivity index (χ4v) is 2.25. The molecule has 2 aromatic carbocycles. The standard InChI is InChI=1S/C17H19ClN2O/c1-20(13-14-6-3-2-4-7-14)11-10-17(21)19-16-9-5-8-15(18)12-16/h2-9,12H,10-11,13H2,1H3,(H,19,21). The number of anilines is 1. The van der Waals surface area contributed by atoms with Crippen molar-refractivity contribution in [1.82, 2.24) is 4.90 Å². The van der Waals surface area contributed by atoms with Crippen LogP contribution in [0.3, 0.4) is 0 Å². The molecule has 0 bridgehead atoms. The first-order valence-corrected chi connectivity index (χ1v) is 7.29. The lowest BCUT2D eigenvalue weighted by Crippen LogP contribution is -2.24. The van der Waals surface area contributed by atoms with Crippen LogP contribution in [0, 0.1) is 0 Å². The van der Waals surface area contributed by atoms with Crippen molar-refractivity contribution < 1.29 is 4.79 Å². The van der Waals surface area contributed by atoms with E-state index < -0.39 is 0 Å². The third kappa shape index (κ3) is 5.58. The van der Waals surface area contributed by atoms with Crippen LogP contribution in [0.25, 0.3) is 0 Å². The Kier molecular flexibility index (Phi) is 5.78. The number of benzene rings is 2. The van der Waals surface area contributed by atoms with Crippen LogP contribution in [0.15, 0.2) is 54.6 Å². The summed E-state index contributed by atoms with van der Waals surface area (Å²) in [5.41, 5.74) is 1.98. The average Bonchev–Trinajstić information content (AvgIpc) is 2.46. The second-order valence-electron chi connectivity index (χ2n) is 5.03. The predicted molar refractivity (Wildman–Crippen MR) is 87.5 cm³/mol. The second-order valence-corrected chi connectivity index (χ2v) is 5.47. The summed E-state index contributed by atoms with van der Waals surface area (Å²) in [6.07, 6.45) is 0.454. The van der Waals surface area contributed by atoms with Gasteiger partial charge in [-0.25, -0.2) is 0 Å². The molecule has 0 fully saturated rings. The van der Waals surface area contributed by atoms with Crippen molar-refractivity contribution in [1.29, 1.82) is 0 Å². The molecule has 1 N–H and O–H groups in total. The van der Waals surface area contributed by atoms with Crippen molar-refractivity contribution in [2.75, 3.05) is 18.9 Å². The fraction of sp³-hybridized carbons (Fsp3) is 0.235. The summed E-state index contributed by atoms with van der Waals surface area (Å²) in [5.74, 6) is -0.00261. The molecule has 0 atom stereocenters. The van der Waals surface area contributed by atoms with Gasteiger partial charge in [-0.3, -0.25) is 4.79 Å². The molecule has 0 aliphatic heterocycles. The molecule has 0 saturated carbocycles. The SMILES string of the molecule is CN(CCC(=O)Nc1cccc(Cl)c1)Cc1ccccc1. The Balaban J connectivity index is 1.76. The third-order valence-electron chi connectivity index (χ3n) is 3.12. The summed E-state index contributed by atoms with van der Waals surface area (Å²) in [6.45, 7) is 1.55. The molecule has 0 spiro atoms. The molecule has 3 nitrogen and oxygen atoms in total. The topological polar surface area (TPSA) is 32.3 Å². The molecule has 0 unspecified atom stereocenters. The number of hydrogen-bond acceptors (Lipinski definition) is 2. The Morgan fingerprint density at radius 3 is 2.62 bits per heavy atom. The maximum atomic E-state index is 11.9. The van der Waals surface area contributed by atoms with Gasteiger partial charge in [0.1, 0.15) is 0 Å². The second kappa shape index (κ2) is 7.81. The minimum atomic E-state index is -0.00261. The van der Waals surface area contributed by atoms with E-state index in [0.717, 1.165) is 12.2 Å². The van der Waals surface area contributed by atoms with Crippen molar-refractivity contribution in [3.05, 3.63) is 65.2 Å². The molecule has 0 radical (unpaired) electrons. The zero-order valence-corrected chi connectivity index (χ0v) is 12.8. The van der Waals surface area contributed by atoms with Gasteiger partial charge in [-0.15, -0.1) is 0 Å². The van der Waals surface area contributed by atoms with Crippen molar-refractivity contribution in [2.24, 2.45) is 0 Å². The number of hydrogen-bond donors (Lipinski definition) is 1. The Morgan fingerprint density at radius 1 is 1.14 bits per heavy atom. The molecule has 0 aliphatic rings. The maximum absolute atomic E-state index is 11.9. The first-order valence-electron chi connectivity index (χ1n) is 6.91. The summed E-state index contributed by atoms with van der Waals surface area (Å²) in [4.78, 5) is 14.0. The van der Waals surface area contributed by atoms with E-state index in [1.54, 1.807) is 12.1 Å². The Hall–Kier alpha value is -1.84. The smallest absolute Gasteiger partial charge is 0.225 e. The first-order chi connectivity index (χ1) is 10.1. The highest BCUT2D eigenvalue weighted by molar-refractivity contribution is 6.30. The van der Waals surface area contributed by atoms with Crippen LogP contribution in [0.5, 0.6) is 0 Å². The largest absolute Gasteiger partial charge is 0.326 e. The van der Waals surface area contributed by atoms with Crippen molar-refractivity contribution >= 4 is 23.2 Å². The van der Waals surface area contributed by atoms with E-state index >= 15 is 0 Å². The van der Waals surface area contributed by atoms with Crippen LogP contribution in [0.1, 0.15) is 12.0 Å². The van der Waals surface area contributed by atoms with Gasteiger partial charge in [0, 0.05) is 30.2 Å². The van der Waals surface area contributed by atoms with Gasteiger partial charge in [-0.1, -0.05) is 48.0 Å². The van der Waals surface area contributed by atoms with Gasteiger partial charge < -0.3 is 10.2 Å². The minimum Gasteiger partial charge on any atom is -0.326 e. The van der Waals surface area contributed by atoms with Gasteiger partial charge in [-0.05, 0) is 30.8 Å². The Morgan fingerprint density at radius 2 is 1.90 bits per heavy atom. The highest BCUT2D eigenvalue weighted by atomic mass is 35.5. The molecule has 0 heterocycles. The molecule has 110 valence electrons. The van der Waals surface area contributed by atoms with E-state index in [9.17, 15) is 4.79 Å². The summed E-state index contributed by atoms with van der Waals surface area (Å²) in [7, 11) is 2.01. The number of amides is 1. The molecule has 2 aromatic rings. The Labute approximate surface area is 130 Å². The molecular weight excluding hydrogens is 284 g/mol. The number of carbonyl (C=O) groups is 1. The van der Waals surface area contributed by atoms with Gasteiger partial charge in [0.25, 0.3) is 0 Å². The monoisotopic (exact) mass is 302 g/mol. The molecule has 0 aromatic heterocycles. The maximum Gasteiger partial charge on any atom is 0.225 e. The molecule has 0 aliphatic carbocycles. The molecule has 2 rings (SSSR count). The lowest BCUT2D eigenvalue weighted by molar-refractivity contribution is -0.116. The molecule has 21 heavy (non-hydrogen) atoms. The fourth-order valence-electron chi connectivity index (χ4n) is 2.06. The van der Waals surface area contributed by atoms with E-state index in [0.29, 0.717) is 18.0 Å². The number of carbonyl (C=O) groups excluding carboxylic acids is 1. The molecule has 0 saturated heterocycles. The van der Waals surface area contributed by atoms with Crippen LogP contribution in [-0.4, -0.2) is 24.4 Å². The highest BCUT2D eigenvalue weighted by Gasteiger charge is 2.06. The number of nitrogens with zero attached hydrogens (tertiary/aromatic N) is 1. The van der Waals surface area contributed by atoms with Gasteiger partial charge in [0.15, 0.2) is 0 Å². The van der Waals surface area contributed by atoms with Crippen LogP contribution in [0.4, 0.5) is 5.69 Å². The molecule has 1 amide bonds. The minimum absolute atomic E-state index is 0.00261. The van der Waals surface area contributed by atoms with Crippen molar-refractivity contribution in [2.45, 2.75) is 13.0 Å². The zero-order valence-electron chi connectivity index (χ0n) is 12.1. The van der Waals surface area contributed by atoms with Gasteiger partial charge in [0.2, 0.25) is 5.91 Å². The van der Waals surface area contributed by atoms with Gasteiger partial charge >= 0.3 is 0 Å². The summed E-state index contributed by atoms with van der Waals surface area (Å²) in [5, 5.41) is 3.47. The van der Waals surface area contributed by atoms with Gasteiger partial charge in [0.05, 0.1) is 0 Å². The van der Waals surface area contributed by atoms with E-state index in [4.69, 9.17) is 11.6 Å². The van der Waals surface area contributed by atoms with Crippen LogP contribution in [0.2, 0.25) is 5.02 Å². The van der Waals surface area contributed by atoms with E-state index in [2.05, 4.69) is 22.3 Å². The summed E-state index contributed by atoms with van der Waals surface area (Å²) < 4.78 is 0. The van der Waals surface area contributed by atoms with E-state index in [-0.39, 0.29) is 5.91 Å². The van der Waals surface area contributed by atoms with Crippen LogP contribution in [-0.2, 0) is 11.3 Å². The third-order valence-corrected chi connectivity index (χ3v) is 3.36. The normalized spacial score (nSPS) is 10.6.